The van der Waals surface area contributed by atoms with Crippen molar-refractivity contribution >= 4 is 5.69 Å². The van der Waals surface area contributed by atoms with Crippen molar-refractivity contribution in [2.45, 2.75) is 31.7 Å². The lowest BCUT2D eigenvalue weighted by molar-refractivity contribution is 0.372. The molecule has 0 bridgehead atoms. The molecule has 2 aliphatic rings. The van der Waals surface area contributed by atoms with Gasteiger partial charge < -0.3 is 10.2 Å². The average Bonchev–Trinajstić information content (AvgIpc) is 3.30. The topological polar surface area (TPSA) is 39.1 Å². The van der Waals surface area contributed by atoms with Crippen LogP contribution in [-0.2, 0) is 0 Å². The molecule has 3 heteroatoms. The van der Waals surface area contributed by atoms with Gasteiger partial charge in [-0.05, 0) is 56.8 Å². The van der Waals surface area contributed by atoms with Crippen LogP contribution in [0.3, 0.4) is 0 Å². The van der Waals surface area contributed by atoms with Gasteiger partial charge in [0.2, 0.25) is 0 Å². The Bertz CT molecular complexity index is 467. The standard InChI is InChI=1S/C16H21N3/c17-11-14-3-1-2-4-16(14)19(15-5-6-15)12-13-7-9-18-10-8-13/h1-4,13,15,18H,5-10,12H2. The van der Waals surface area contributed by atoms with Gasteiger partial charge in [-0.2, -0.15) is 5.26 Å². The van der Waals surface area contributed by atoms with Crippen LogP contribution in [-0.4, -0.2) is 25.7 Å². The highest BCUT2D eigenvalue weighted by Gasteiger charge is 2.32. The van der Waals surface area contributed by atoms with Crippen LogP contribution in [0.1, 0.15) is 31.2 Å². The maximum Gasteiger partial charge on any atom is 0.101 e. The van der Waals surface area contributed by atoms with E-state index in [4.69, 9.17) is 0 Å². The molecule has 3 nitrogen and oxygen atoms in total. The van der Waals surface area contributed by atoms with E-state index in [1.54, 1.807) is 0 Å². The molecule has 19 heavy (non-hydrogen) atoms. The molecule has 0 unspecified atom stereocenters. The number of benzene rings is 1. The summed E-state index contributed by atoms with van der Waals surface area (Å²) < 4.78 is 0. The molecule has 1 aromatic rings. The molecule has 0 spiro atoms. The van der Waals surface area contributed by atoms with Crippen molar-refractivity contribution in [2.75, 3.05) is 24.5 Å². The minimum atomic E-state index is 0.671. The second-order valence-electron chi connectivity index (χ2n) is 5.71. The van der Waals surface area contributed by atoms with Gasteiger partial charge in [-0.15, -0.1) is 0 Å². The summed E-state index contributed by atoms with van der Waals surface area (Å²) in [5.74, 6) is 0.772. The van der Waals surface area contributed by atoms with E-state index in [9.17, 15) is 5.26 Å². The van der Waals surface area contributed by atoms with Crippen LogP contribution in [0.15, 0.2) is 24.3 Å². The summed E-state index contributed by atoms with van der Waals surface area (Å²) in [5, 5.41) is 12.7. The van der Waals surface area contributed by atoms with Crippen LogP contribution in [0.25, 0.3) is 0 Å². The molecule has 1 aliphatic carbocycles. The minimum Gasteiger partial charge on any atom is -0.367 e. The second kappa shape index (κ2) is 5.63. The third-order valence-electron chi connectivity index (χ3n) is 4.24. The lowest BCUT2D eigenvalue weighted by Crippen LogP contribution is -2.37. The van der Waals surface area contributed by atoms with Gasteiger partial charge in [0.15, 0.2) is 0 Å². The molecule has 1 aromatic carbocycles. The lowest BCUT2D eigenvalue weighted by atomic mass is 9.97. The van der Waals surface area contributed by atoms with Gasteiger partial charge in [0.05, 0.1) is 11.3 Å². The van der Waals surface area contributed by atoms with Crippen LogP contribution in [0.5, 0.6) is 0 Å². The van der Waals surface area contributed by atoms with Crippen molar-refractivity contribution in [2.24, 2.45) is 5.92 Å². The highest BCUT2D eigenvalue weighted by Crippen LogP contribution is 2.34. The van der Waals surface area contributed by atoms with Crippen LogP contribution in [0.2, 0.25) is 0 Å². The van der Waals surface area contributed by atoms with E-state index in [2.05, 4.69) is 22.4 Å². The van der Waals surface area contributed by atoms with Crippen LogP contribution in [0, 0.1) is 17.2 Å². The summed E-state index contributed by atoms with van der Waals surface area (Å²) in [4.78, 5) is 2.49. The zero-order valence-electron chi connectivity index (χ0n) is 11.3. The Morgan fingerprint density at radius 3 is 2.58 bits per heavy atom. The van der Waals surface area contributed by atoms with E-state index in [0.717, 1.165) is 36.8 Å². The predicted molar refractivity (Wildman–Crippen MR) is 77.1 cm³/mol. The molecule has 2 fully saturated rings. The average molecular weight is 255 g/mol. The first-order valence-electron chi connectivity index (χ1n) is 7.35. The minimum absolute atomic E-state index is 0.671. The van der Waals surface area contributed by atoms with E-state index < -0.39 is 0 Å². The summed E-state index contributed by atoms with van der Waals surface area (Å²) in [6.07, 6.45) is 5.09. The number of nitriles is 1. The highest BCUT2D eigenvalue weighted by molar-refractivity contribution is 5.60. The van der Waals surface area contributed by atoms with Gasteiger partial charge in [0.25, 0.3) is 0 Å². The molecule has 0 aromatic heterocycles. The molecule has 0 radical (unpaired) electrons. The van der Waals surface area contributed by atoms with E-state index in [1.807, 2.05) is 18.2 Å². The SMILES string of the molecule is N#Cc1ccccc1N(CC1CCNCC1)C1CC1. The summed E-state index contributed by atoms with van der Waals surface area (Å²) in [7, 11) is 0. The fourth-order valence-electron chi connectivity index (χ4n) is 2.99. The summed E-state index contributed by atoms with van der Waals surface area (Å²) in [6.45, 7) is 3.40. The van der Waals surface area contributed by atoms with Crippen molar-refractivity contribution in [1.29, 1.82) is 5.26 Å². The Labute approximate surface area is 115 Å². The van der Waals surface area contributed by atoms with Gasteiger partial charge in [0, 0.05) is 12.6 Å². The number of hydrogen-bond donors (Lipinski definition) is 1. The number of nitrogens with one attached hydrogen (secondary N) is 1. The number of nitrogens with zero attached hydrogens (tertiary/aromatic N) is 2. The molecule has 1 heterocycles. The van der Waals surface area contributed by atoms with Crippen molar-refractivity contribution in [3.63, 3.8) is 0 Å². The maximum atomic E-state index is 9.29. The Hall–Kier alpha value is -1.53. The first-order valence-corrected chi connectivity index (χ1v) is 7.35. The monoisotopic (exact) mass is 255 g/mol. The molecule has 100 valence electrons. The summed E-state index contributed by atoms with van der Waals surface area (Å²) >= 11 is 0. The van der Waals surface area contributed by atoms with E-state index >= 15 is 0 Å². The van der Waals surface area contributed by atoms with E-state index in [1.165, 1.54) is 25.7 Å². The summed E-state index contributed by atoms with van der Waals surface area (Å²) in [6, 6.07) is 11.1. The lowest BCUT2D eigenvalue weighted by Gasteiger charge is -2.32. The van der Waals surface area contributed by atoms with Crippen molar-refractivity contribution < 1.29 is 0 Å². The third kappa shape index (κ3) is 2.90. The first-order chi connectivity index (χ1) is 9.38. The number of para-hydroxylation sites is 1. The smallest absolute Gasteiger partial charge is 0.101 e. The first kappa shape index (κ1) is 12.5. The maximum absolute atomic E-state index is 9.29. The number of anilines is 1. The van der Waals surface area contributed by atoms with Gasteiger partial charge in [0.1, 0.15) is 6.07 Å². The molecule has 1 N–H and O–H groups in total. The Balaban J connectivity index is 1.78. The molecular weight excluding hydrogens is 234 g/mol. The molecule has 1 saturated heterocycles. The van der Waals surface area contributed by atoms with Crippen molar-refractivity contribution in [3.8, 4) is 6.07 Å². The van der Waals surface area contributed by atoms with E-state index in [-0.39, 0.29) is 0 Å². The molecule has 0 amide bonds. The molecular formula is C16H21N3. The Morgan fingerprint density at radius 2 is 1.89 bits per heavy atom. The fraction of sp³-hybridized carbons (Fsp3) is 0.562. The van der Waals surface area contributed by atoms with Gasteiger partial charge in [-0.3, -0.25) is 0 Å². The number of rotatable bonds is 4. The van der Waals surface area contributed by atoms with Crippen molar-refractivity contribution in [1.82, 2.24) is 5.32 Å². The Morgan fingerprint density at radius 1 is 1.16 bits per heavy atom. The zero-order chi connectivity index (χ0) is 13.1. The van der Waals surface area contributed by atoms with Gasteiger partial charge in [-0.25, -0.2) is 0 Å². The third-order valence-corrected chi connectivity index (χ3v) is 4.24. The highest BCUT2D eigenvalue weighted by atomic mass is 15.2. The van der Waals surface area contributed by atoms with Crippen molar-refractivity contribution in [3.05, 3.63) is 29.8 Å². The largest absolute Gasteiger partial charge is 0.367 e. The quantitative estimate of drug-likeness (QED) is 0.898. The van der Waals surface area contributed by atoms with Gasteiger partial charge in [-0.1, -0.05) is 12.1 Å². The number of hydrogen-bond acceptors (Lipinski definition) is 3. The van der Waals surface area contributed by atoms with E-state index in [0.29, 0.717) is 6.04 Å². The predicted octanol–water partition coefficient (Wildman–Crippen LogP) is 2.53. The Kier molecular flexibility index (Phi) is 3.70. The fourth-order valence-corrected chi connectivity index (χ4v) is 2.99. The molecule has 1 saturated carbocycles. The zero-order valence-corrected chi connectivity index (χ0v) is 11.3. The number of piperidine rings is 1. The molecule has 3 rings (SSSR count). The van der Waals surface area contributed by atoms with Crippen LogP contribution >= 0.6 is 0 Å². The second-order valence-corrected chi connectivity index (χ2v) is 5.71. The van der Waals surface area contributed by atoms with Crippen LogP contribution < -0.4 is 10.2 Å². The molecule has 1 aliphatic heterocycles. The summed E-state index contributed by atoms with van der Waals surface area (Å²) in [5.41, 5.74) is 1.97. The molecule has 0 atom stereocenters. The van der Waals surface area contributed by atoms with Crippen LogP contribution in [0.4, 0.5) is 5.69 Å². The van der Waals surface area contributed by atoms with Gasteiger partial charge >= 0.3 is 0 Å². The normalized spacial score (nSPS) is 19.9.